The molecule has 3 heteroatoms. The summed E-state index contributed by atoms with van der Waals surface area (Å²) in [5.41, 5.74) is 1.52. The van der Waals surface area contributed by atoms with Gasteiger partial charge < -0.3 is 17.5 Å². The second-order valence-corrected chi connectivity index (χ2v) is 8.16. The third kappa shape index (κ3) is 15.3. The molecule has 0 atom stereocenters. The van der Waals surface area contributed by atoms with Crippen LogP contribution in [0.5, 0.6) is 0 Å². The maximum atomic E-state index is 8.77. The van der Waals surface area contributed by atoms with Crippen LogP contribution in [0.25, 0.3) is 0 Å². The Balaban J connectivity index is 0.00000729. The third-order valence-corrected chi connectivity index (χ3v) is 5.63. The zero-order valence-corrected chi connectivity index (χ0v) is 19.3. The van der Waals surface area contributed by atoms with Crippen LogP contribution in [0.3, 0.4) is 0 Å². The van der Waals surface area contributed by atoms with E-state index >= 15 is 0 Å². The summed E-state index contributed by atoms with van der Waals surface area (Å²) in [4.78, 5) is 0. The van der Waals surface area contributed by atoms with Gasteiger partial charge in [0.1, 0.15) is 6.54 Å². The molecule has 0 aliphatic heterocycles. The van der Waals surface area contributed by atoms with Crippen molar-refractivity contribution in [1.29, 1.82) is 0 Å². The molecule has 1 rings (SSSR count). The first-order valence-electron chi connectivity index (χ1n) is 12.0. The molecule has 28 heavy (non-hydrogen) atoms. The Kier molecular flexibility index (Phi) is 20.7. The average Bonchev–Trinajstić information content (AvgIpc) is 2.69. The van der Waals surface area contributed by atoms with E-state index < -0.39 is 0 Å². The van der Waals surface area contributed by atoms with E-state index in [2.05, 4.69) is 35.9 Å². The number of nitrogens with zero attached hydrogens (tertiary/aromatic N) is 1. The monoisotopic (exact) mass is 411 g/mol. The van der Waals surface area contributed by atoms with Crippen LogP contribution < -0.4 is 17.0 Å². The molecule has 0 aliphatic rings. The SMILES string of the molecule is CCCCCCCCc1cccc[n+]1CCCCCCCCCCCCO.[Cl-]. The molecular formula is C25H46ClNO. The summed E-state index contributed by atoms with van der Waals surface area (Å²) >= 11 is 0. The quantitative estimate of drug-likeness (QED) is 0.272. The summed E-state index contributed by atoms with van der Waals surface area (Å²) in [6.45, 7) is 3.83. The molecule has 1 N–H and O–H groups in total. The summed E-state index contributed by atoms with van der Waals surface area (Å²) in [6, 6.07) is 6.70. The molecular weight excluding hydrogens is 366 g/mol. The van der Waals surface area contributed by atoms with Gasteiger partial charge in [0.05, 0.1) is 0 Å². The van der Waals surface area contributed by atoms with Crippen molar-refractivity contribution < 1.29 is 22.1 Å². The number of unbranched alkanes of at least 4 members (excludes halogenated alkanes) is 14. The van der Waals surface area contributed by atoms with E-state index in [0.717, 1.165) is 6.42 Å². The molecule has 0 unspecified atom stereocenters. The number of rotatable bonds is 19. The first-order chi connectivity index (χ1) is 13.4. The Morgan fingerprint density at radius 1 is 0.679 bits per heavy atom. The molecule has 0 bridgehead atoms. The molecule has 0 aliphatic carbocycles. The van der Waals surface area contributed by atoms with E-state index in [1.54, 1.807) is 0 Å². The van der Waals surface area contributed by atoms with Gasteiger partial charge in [-0.15, -0.1) is 0 Å². The van der Waals surface area contributed by atoms with Crippen LogP contribution in [0.4, 0.5) is 0 Å². The Morgan fingerprint density at radius 3 is 1.82 bits per heavy atom. The Hall–Kier alpha value is -0.600. The fourth-order valence-electron chi connectivity index (χ4n) is 3.85. The molecule has 1 aromatic rings. The molecule has 0 fully saturated rings. The molecule has 0 saturated heterocycles. The third-order valence-electron chi connectivity index (χ3n) is 5.63. The number of aryl methyl sites for hydroxylation is 2. The van der Waals surface area contributed by atoms with Gasteiger partial charge in [0.15, 0.2) is 11.9 Å². The van der Waals surface area contributed by atoms with Crippen LogP contribution in [0.1, 0.15) is 115 Å². The lowest BCUT2D eigenvalue weighted by molar-refractivity contribution is -0.704. The predicted octanol–water partition coefficient (Wildman–Crippen LogP) is 3.77. The van der Waals surface area contributed by atoms with Crippen molar-refractivity contribution in [3.63, 3.8) is 0 Å². The first-order valence-corrected chi connectivity index (χ1v) is 12.0. The van der Waals surface area contributed by atoms with Crippen LogP contribution in [-0.2, 0) is 13.0 Å². The van der Waals surface area contributed by atoms with Gasteiger partial charge in [0.2, 0.25) is 0 Å². The highest BCUT2D eigenvalue weighted by Crippen LogP contribution is 2.11. The minimum atomic E-state index is 0. The minimum absolute atomic E-state index is 0. The molecule has 0 radical (unpaired) electrons. The Morgan fingerprint density at radius 2 is 1.21 bits per heavy atom. The smallest absolute Gasteiger partial charge is 0.181 e. The van der Waals surface area contributed by atoms with Gasteiger partial charge >= 0.3 is 0 Å². The highest BCUT2D eigenvalue weighted by molar-refractivity contribution is 4.97. The van der Waals surface area contributed by atoms with Gasteiger partial charge in [-0.25, -0.2) is 4.57 Å². The van der Waals surface area contributed by atoms with E-state index in [1.165, 1.54) is 115 Å². The highest BCUT2D eigenvalue weighted by atomic mass is 35.5. The fraction of sp³-hybridized carbons (Fsp3) is 0.800. The van der Waals surface area contributed by atoms with Crippen molar-refractivity contribution in [2.75, 3.05) is 6.61 Å². The van der Waals surface area contributed by atoms with Crippen LogP contribution in [0.2, 0.25) is 0 Å². The normalized spacial score (nSPS) is 10.8. The topological polar surface area (TPSA) is 24.1 Å². The lowest BCUT2D eigenvalue weighted by atomic mass is 10.1. The maximum absolute atomic E-state index is 8.77. The highest BCUT2D eigenvalue weighted by Gasteiger charge is 2.08. The van der Waals surface area contributed by atoms with Gasteiger partial charge in [-0.05, 0) is 19.3 Å². The molecule has 0 amide bonds. The Bertz CT molecular complexity index is 438. The Labute approximate surface area is 181 Å². The molecule has 0 spiro atoms. The van der Waals surface area contributed by atoms with E-state index in [9.17, 15) is 0 Å². The second-order valence-electron chi connectivity index (χ2n) is 8.16. The number of hydrogen-bond donors (Lipinski definition) is 1. The van der Waals surface area contributed by atoms with Gasteiger partial charge in [-0.2, -0.15) is 0 Å². The van der Waals surface area contributed by atoms with Crippen molar-refractivity contribution in [3.8, 4) is 0 Å². The second kappa shape index (κ2) is 21.1. The summed E-state index contributed by atoms with van der Waals surface area (Å²) in [5, 5.41) is 8.77. The van der Waals surface area contributed by atoms with Crippen LogP contribution in [0.15, 0.2) is 24.4 Å². The van der Waals surface area contributed by atoms with Crippen molar-refractivity contribution in [1.82, 2.24) is 0 Å². The molecule has 0 aromatic carbocycles. The number of hydrogen-bond acceptors (Lipinski definition) is 1. The average molecular weight is 412 g/mol. The number of aromatic nitrogens is 1. The van der Waals surface area contributed by atoms with Crippen LogP contribution in [-0.4, -0.2) is 11.7 Å². The van der Waals surface area contributed by atoms with E-state index in [-0.39, 0.29) is 12.4 Å². The summed E-state index contributed by atoms with van der Waals surface area (Å²) in [7, 11) is 0. The molecule has 0 saturated carbocycles. The summed E-state index contributed by atoms with van der Waals surface area (Å²) in [5.74, 6) is 0. The van der Waals surface area contributed by atoms with E-state index in [1.807, 2.05) is 0 Å². The van der Waals surface area contributed by atoms with Gasteiger partial charge in [-0.1, -0.05) is 90.0 Å². The van der Waals surface area contributed by atoms with Crippen molar-refractivity contribution in [3.05, 3.63) is 30.1 Å². The number of aliphatic hydroxyl groups is 1. The first kappa shape index (κ1) is 27.4. The molecule has 1 aromatic heterocycles. The summed E-state index contributed by atoms with van der Waals surface area (Å²) in [6.07, 6.45) is 24.8. The standard InChI is InChI=1S/C25H46NO.ClH/c1-2-3-4-5-12-15-20-25-21-16-18-23-26(25)22-17-13-10-8-6-7-9-11-14-19-24-27;/h16,18,21,23,27H,2-15,17,19-20,22,24H2,1H3;1H/q+1;/p-1. The zero-order chi connectivity index (χ0) is 19.4. The van der Waals surface area contributed by atoms with Crippen molar-refractivity contribution in [2.45, 2.75) is 123 Å². The van der Waals surface area contributed by atoms with E-state index in [4.69, 9.17) is 5.11 Å². The number of pyridine rings is 1. The lowest BCUT2D eigenvalue weighted by Gasteiger charge is -2.05. The number of aliphatic hydroxyl groups excluding tert-OH is 1. The number of halogens is 1. The largest absolute Gasteiger partial charge is 1.00 e. The van der Waals surface area contributed by atoms with Crippen molar-refractivity contribution >= 4 is 0 Å². The summed E-state index contributed by atoms with van der Waals surface area (Å²) < 4.78 is 2.49. The lowest BCUT2D eigenvalue weighted by Crippen LogP contribution is -3.00. The molecule has 2 nitrogen and oxygen atoms in total. The van der Waals surface area contributed by atoms with Crippen LogP contribution in [0, 0.1) is 0 Å². The zero-order valence-electron chi connectivity index (χ0n) is 18.5. The predicted molar refractivity (Wildman–Crippen MR) is 117 cm³/mol. The fourth-order valence-corrected chi connectivity index (χ4v) is 3.85. The molecule has 164 valence electrons. The van der Waals surface area contributed by atoms with Gasteiger partial charge in [0.25, 0.3) is 0 Å². The maximum Gasteiger partial charge on any atom is 0.181 e. The van der Waals surface area contributed by atoms with Gasteiger partial charge in [0, 0.05) is 31.6 Å². The minimum Gasteiger partial charge on any atom is -1.00 e. The van der Waals surface area contributed by atoms with Crippen LogP contribution >= 0.6 is 0 Å². The van der Waals surface area contributed by atoms with Crippen molar-refractivity contribution in [2.24, 2.45) is 0 Å². The van der Waals surface area contributed by atoms with E-state index in [0.29, 0.717) is 6.61 Å². The van der Waals surface area contributed by atoms with Gasteiger partial charge in [-0.3, -0.25) is 0 Å². The molecule has 1 heterocycles.